The number of benzene rings is 1. The number of nitrogen functional groups attached to an aromatic ring is 1. The Bertz CT molecular complexity index is 532. The van der Waals surface area contributed by atoms with Crippen LogP contribution < -0.4 is 5.73 Å². The van der Waals surface area contributed by atoms with Crippen molar-refractivity contribution in [1.29, 1.82) is 0 Å². The van der Waals surface area contributed by atoms with Crippen LogP contribution in [-0.2, 0) is 9.59 Å². The molecule has 0 bridgehead atoms. The summed E-state index contributed by atoms with van der Waals surface area (Å²) in [5.41, 5.74) is 7.21. The molecule has 1 aromatic carbocycles. The van der Waals surface area contributed by atoms with Crippen LogP contribution in [0, 0.1) is 0 Å². The van der Waals surface area contributed by atoms with Gasteiger partial charge < -0.3 is 15.7 Å². The van der Waals surface area contributed by atoms with E-state index in [0.717, 1.165) is 5.56 Å². The van der Waals surface area contributed by atoms with Crippen LogP contribution in [0.2, 0.25) is 0 Å². The Hall–Kier alpha value is -2.34. The Labute approximate surface area is 123 Å². The zero-order valence-electron chi connectivity index (χ0n) is 11.7. The molecule has 0 atom stereocenters. The molecule has 1 saturated heterocycles. The Balaban J connectivity index is 1.84. The van der Waals surface area contributed by atoms with Crippen LogP contribution in [-0.4, -0.2) is 59.5 Å². The lowest BCUT2D eigenvalue weighted by Crippen LogP contribution is -2.49. The normalized spacial score (nSPS) is 16.3. The molecule has 0 spiro atoms. The van der Waals surface area contributed by atoms with Crippen LogP contribution in [0.5, 0.6) is 0 Å². The maximum absolute atomic E-state index is 12.0. The Morgan fingerprint density at radius 1 is 1.14 bits per heavy atom. The van der Waals surface area contributed by atoms with Gasteiger partial charge in [0.1, 0.15) is 0 Å². The van der Waals surface area contributed by atoms with Crippen molar-refractivity contribution in [3.05, 3.63) is 35.9 Å². The molecule has 1 fully saturated rings. The zero-order chi connectivity index (χ0) is 15.2. The van der Waals surface area contributed by atoms with Gasteiger partial charge in [0.2, 0.25) is 5.91 Å². The molecule has 0 aromatic heterocycles. The largest absolute Gasteiger partial charge is 0.480 e. The van der Waals surface area contributed by atoms with Crippen molar-refractivity contribution in [2.75, 3.05) is 38.5 Å². The van der Waals surface area contributed by atoms with Crippen molar-refractivity contribution >= 4 is 23.6 Å². The number of amides is 1. The zero-order valence-corrected chi connectivity index (χ0v) is 11.7. The Kier molecular flexibility index (Phi) is 4.94. The van der Waals surface area contributed by atoms with E-state index in [2.05, 4.69) is 0 Å². The first-order valence-electron chi connectivity index (χ1n) is 6.81. The van der Waals surface area contributed by atoms with Crippen LogP contribution in [0.1, 0.15) is 5.56 Å². The van der Waals surface area contributed by atoms with Crippen LogP contribution in [0.25, 0.3) is 6.08 Å². The smallest absolute Gasteiger partial charge is 0.317 e. The number of hydrogen-bond acceptors (Lipinski definition) is 4. The van der Waals surface area contributed by atoms with Crippen LogP contribution in [0.3, 0.4) is 0 Å². The van der Waals surface area contributed by atoms with Gasteiger partial charge in [0, 0.05) is 37.9 Å². The van der Waals surface area contributed by atoms with Gasteiger partial charge in [0.15, 0.2) is 0 Å². The third-order valence-corrected chi connectivity index (χ3v) is 3.40. The van der Waals surface area contributed by atoms with Gasteiger partial charge in [-0.1, -0.05) is 12.1 Å². The van der Waals surface area contributed by atoms with Gasteiger partial charge in [-0.3, -0.25) is 14.5 Å². The molecule has 3 N–H and O–H groups in total. The first-order valence-corrected chi connectivity index (χ1v) is 6.81. The summed E-state index contributed by atoms with van der Waals surface area (Å²) in [7, 11) is 0. The highest BCUT2D eigenvalue weighted by Crippen LogP contribution is 2.08. The van der Waals surface area contributed by atoms with Crippen molar-refractivity contribution in [3.63, 3.8) is 0 Å². The molecular weight excluding hydrogens is 270 g/mol. The summed E-state index contributed by atoms with van der Waals surface area (Å²) >= 11 is 0. The number of carbonyl (C=O) groups is 2. The fourth-order valence-corrected chi connectivity index (χ4v) is 2.20. The first kappa shape index (κ1) is 15.1. The highest BCUT2D eigenvalue weighted by atomic mass is 16.4. The molecular formula is C15H19N3O3. The molecule has 0 aliphatic carbocycles. The molecule has 1 aliphatic rings. The van der Waals surface area contributed by atoms with Gasteiger partial charge in [-0.05, 0) is 23.8 Å². The van der Waals surface area contributed by atoms with E-state index in [-0.39, 0.29) is 12.5 Å². The standard InChI is InChI=1S/C15H19N3O3/c16-13-4-1-12(2-5-13)3-6-14(19)18-9-7-17(8-10-18)11-15(20)21/h1-6H,7-11,16H2,(H,20,21)/b6-3+. The number of nitrogens with two attached hydrogens (primary N) is 1. The third kappa shape index (κ3) is 4.61. The van der Waals surface area contributed by atoms with E-state index in [1.54, 1.807) is 29.2 Å². The summed E-state index contributed by atoms with van der Waals surface area (Å²) in [6, 6.07) is 7.28. The number of carboxylic acid groups (broad SMARTS) is 1. The van der Waals surface area contributed by atoms with Crippen molar-refractivity contribution in [2.45, 2.75) is 0 Å². The Morgan fingerprint density at radius 3 is 2.33 bits per heavy atom. The maximum atomic E-state index is 12.0. The molecule has 21 heavy (non-hydrogen) atoms. The highest BCUT2D eigenvalue weighted by Gasteiger charge is 2.20. The first-order chi connectivity index (χ1) is 10.0. The van der Waals surface area contributed by atoms with Crippen LogP contribution in [0.4, 0.5) is 5.69 Å². The minimum atomic E-state index is -0.835. The van der Waals surface area contributed by atoms with Gasteiger partial charge in [0.25, 0.3) is 0 Å². The molecule has 6 nitrogen and oxygen atoms in total. The lowest BCUT2D eigenvalue weighted by Gasteiger charge is -2.33. The highest BCUT2D eigenvalue weighted by molar-refractivity contribution is 5.91. The predicted molar refractivity (Wildman–Crippen MR) is 80.5 cm³/mol. The van der Waals surface area contributed by atoms with E-state index in [1.807, 2.05) is 17.0 Å². The van der Waals surface area contributed by atoms with E-state index in [1.165, 1.54) is 0 Å². The molecule has 0 unspecified atom stereocenters. The van der Waals surface area contributed by atoms with Gasteiger partial charge in [-0.25, -0.2) is 0 Å². The molecule has 2 rings (SSSR count). The quantitative estimate of drug-likeness (QED) is 0.623. The minimum absolute atomic E-state index is 0.0311. The Morgan fingerprint density at radius 2 is 1.76 bits per heavy atom. The summed E-state index contributed by atoms with van der Waals surface area (Å²) in [6.45, 7) is 2.32. The summed E-state index contributed by atoms with van der Waals surface area (Å²) < 4.78 is 0. The maximum Gasteiger partial charge on any atom is 0.317 e. The second-order valence-corrected chi connectivity index (χ2v) is 5.00. The number of rotatable bonds is 4. The number of hydrogen-bond donors (Lipinski definition) is 2. The summed E-state index contributed by atoms with van der Waals surface area (Å²) in [5, 5.41) is 8.73. The van der Waals surface area contributed by atoms with E-state index in [9.17, 15) is 9.59 Å². The lowest BCUT2D eigenvalue weighted by atomic mass is 10.2. The fourth-order valence-electron chi connectivity index (χ4n) is 2.20. The molecule has 0 saturated carbocycles. The second kappa shape index (κ2) is 6.90. The predicted octanol–water partition coefficient (Wildman–Crippen LogP) is 0.511. The van der Waals surface area contributed by atoms with Crippen molar-refractivity contribution in [1.82, 2.24) is 9.80 Å². The average molecular weight is 289 g/mol. The molecule has 1 heterocycles. The van der Waals surface area contributed by atoms with E-state index in [4.69, 9.17) is 10.8 Å². The number of anilines is 1. The fraction of sp³-hybridized carbons (Fsp3) is 0.333. The molecule has 6 heteroatoms. The van der Waals surface area contributed by atoms with Gasteiger partial charge >= 0.3 is 5.97 Å². The van der Waals surface area contributed by atoms with Gasteiger partial charge in [-0.2, -0.15) is 0 Å². The van der Waals surface area contributed by atoms with Crippen LogP contribution in [0.15, 0.2) is 30.3 Å². The number of nitrogens with zero attached hydrogens (tertiary/aromatic N) is 2. The topological polar surface area (TPSA) is 86.9 Å². The van der Waals surface area contributed by atoms with E-state index in [0.29, 0.717) is 31.9 Å². The molecule has 1 amide bonds. The second-order valence-electron chi connectivity index (χ2n) is 5.00. The number of piperazine rings is 1. The summed E-state index contributed by atoms with van der Waals surface area (Å²) in [6.07, 6.45) is 3.30. The van der Waals surface area contributed by atoms with Gasteiger partial charge in [-0.15, -0.1) is 0 Å². The van der Waals surface area contributed by atoms with E-state index < -0.39 is 5.97 Å². The van der Waals surface area contributed by atoms with Crippen LogP contribution >= 0.6 is 0 Å². The minimum Gasteiger partial charge on any atom is -0.480 e. The van der Waals surface area contributed by atoms with Crippen molar-refractivity contribution < 1.29 is 14.7 Å². The molecule has 1 aromatic rings. The van der Waals surface area contributed by atoms with Gasteiger partial charge in [0.05, 0.1) is 6.54 Å². The third-order valence-electron chi connectivity index (χ3n) is 3.40. The number of carbonyl (C=O) groups excluding carboxylic acids is 1. The summed E-state index contributed by atoms with van der Waals surface area (Å²) in [4.78, 5) is 26.2. The molecule has 112 valence electrons. The SMILES string of the molecule is Nc1ccc(/C=C/C(=O)N2CCN(CC(=O)O)CC2)cc1. The van der Waals surface area contributed by atoms with E-state index >= 15 is 0 Å². The number of carboxylic acids is 1. The average Bonchev–Trinajstić information content (AvgIpc) is 2.46. The van der Waals surface area contributed by atoms with Crippen molar-refractivity contribution in [2.24, 2.45) is 0 Å². The lowest BCUT2D eigenvalue weighted by molar-refractivity contribution is -0.139. The molecule has 1 aliphatic heterocycles. The molecule has 0 radical (unpaired) electrons. The monoisotopic (exact) mass is 289 g/mol. The summed E-state index contributed by atoms with van der Waals surface area (Å²) in [5.74, 6) is -0.889. The van der Waals surface area contributed by atoms with Crippen molar-refractivity contribution in [3.8, 4) is 0 Å². The number of aliphatic carboxylic acids is 1.